The summed E-state index contributed by atoms with van der Waals surface area (Å²) in [6.07, 6.45) is 0.662. The quantitative estimate of drug-likeness (QED) is 0.243. The summed E-state index contributed by atoms with van der Waals surface area (Å²) >= 11 is 1.23. The topological polar surface area (TPSA) is 94.1 Å². The first-order chi connectivity index (χ1) is 14.3. The molecule has 3 aromatic rings. The lowest BCUT2D eigenvalue weighted by atomic mass is 10.1. The molecule has 2 aromatic heterocycles. The fourth-order valence-corrected chi connectivity index (χ4v) is 4.48. The summed E-state index contributed by atoms with van der Waals surface area (Å²) in [7, 11) is 1.62. The number of H-pyrrole nitrogens is 1. The Bertz CT molecular complexity index is 1160. The summed E-state index contributed by atoms with van der Waals surface area (Å²) in [5, 5.41) is 1.04. The van der Waals surface area contributed by atoms with Crippen molar-refractivity contribution in [1.82, 2.24) is 14.5 Å². The number of para-hydroxylation sites is 1. The Balaban J connectivity index is 1.90. The average molecular weight is 428 g/mol. The summed E-state index contributed by atoms with van der Waals surface area (Å²) in [4.78, 5) is 45.3. The monoisotopic (exact) mass is 427 g/mol. The van der Waals surface area contributed by atoms with Gasteiger partial charge in [0.05, 0.1) is 22.3 Å². The van der Waals surface area contributed by atoms with Crippen LogP contribution in [0.25, 0.3) is 10.9 Å². The van der Waals surface area contributed by atoms with Gasteiger partial charge >= 0.3 is 0 Å². The highest BCUT2D eigenvalue weighted by molar-refractivity contribution is 7.99. The second-order valence-corrected chi connectivity index (χ2v) is 8.05. The Morgan fingerprint density at radius 1 is 1.23 bits per heavy atom. The Kier molecular flexibility index (Phi) is 6.89. The molecule has 0 spiro atoms. The molecular weight excluding hydrogens is 402 g/mol. The van der Waals surface area contributed by atoms with E-state index in [1.165, 1.54) is 18.7 Å². The summed E-state index contributed by atoms with van der Waals surface area (Å²) in [5.74, 6) is -0.109. The Labute approximate surface area is 178 Å². The molecule has 0 unspecified atom stereocenters. The number of methoxy groups -OCH3 is 1. The highest BCUT2D eigenvalue weighted by atomic mass is 32.2. The summed E-state index contributed by atoms with van der Waals surface area (Å²) < 4.78 is 6.71. The molecule has 8 heteroatoms. The van der Waals surface area contributed by atoms with Gasteiger partial charge in [-0.2, -0.15) is 0 Å². The van der Waals surface area contributed by atoms with Gasteiger partial charge in [0.15, 0.2) is 16.7 Å². The highest BCUT2D eigenvalue weighted by Gasteiger charge is 2.21. The first-order valence-electron chi connectivity index (χ1n) is 9.69. The predicted octanol–water partition coefficient (Wildman–Crippen LogP) is 3.56. The van der Waals surface area contributed by atoms with Gasteiger partial charge in [0.1, 0.15) is 0 Å². The SMILES string of the molecule is COCCCn1c(SCC(=O)c2[nH]c(C)c(C(C)=O)c2C)nc2ccccc2c1=O. The molecular formula is C22H25N3O4S. The number of carbonyl (C=O) groups excluding carboxylic acids is 2. The van der Waals surface area contributed by atoms with Gasteiger partial charge in [-0.3, -0.25) is 19.0 Å². The zero-order valence-corrected chi connectivity index (χ0v) is 18.4. The lowest BCUT2D eigenvalue weighted by molar-refractivity contribution is 0.101. The molecule has 0 bridgehead atoms. The van der Waals surface area contributed by atoms with Gasteiger partial charge in [0.2, 0.25) is 0 Å². The number of nitrogens with zero attached hydrogens (tertiary/aromatic N) is 2. The van der Waals surface area contributed by atoms with Crippen LogP contribution in [0.5, 0.6) is 0 Å². The number of fused-ring (bicyclic) bond motifs is 1. The van der Waals surface area contributed by atoms with Crippen LogP contribution < -0.4 is 5.56 Å². The summed E-state index contributed by atoms with van der Waals surface area (Å²) in [6.45, 7) is 6.02. The lowest BCUT2D eigenvalue weighted by Gasteiger charge is -2.12. The second-order valence-electron chi connectivity index (χ2n) is 7.11. The number of rotatable bonds is 9. The minimum atomic E-state index is -0.140. The summed E-state index contributed by atoms with van der Waals surface area (Å²) in [6, 6.07) is 7.19. The minimum absolute atomic E-state index is 0.0730. The number of ketones is 2. The van der Waals surface area contributed by atoms with Crippen molar-refractivity contribution in [2.75, 3.05) is 19.5 Å². The molecule has 3 rings (SSSR count). The molecule has 0 atom stereocenters. The van der Waals surface area contributed by atoms with Gasteiger partial charge in [-0.15, -0.1) is 0 Å². The van der Waals surface area contributed by atoms with E-state index >= 15 is 0 Å². The zero-order valence-electron chi connectivity index (χ0n) is 17.6. The smallest absolute Gasteiger partial charge is 0.262 e. The number of Topliss-reactive ketones (excluding diaryl/α,β-unsaturated/α-hetero) is 2. The summed E-state index contributed by atoms with van der Waals surface area (Å²) in [5.41, 5.74) is 2.81. The van der Waals surface area contributed by atoms with E-state index < -0.39 is 0 Å². The van der Waals surface area contributed by atoms with E-state index in [4.69, 9.17) is 4.74 Å². The van der Waals surface area contributed by atoms with E-state index in [9.17, 15) is 14.4 Å². The van der Waals surface area contributed by atoms with E-state index in [-0.39, 0.29) is 22.9 Å². The van der Waals surface area contributed by atoms with Crippen molar-refractivity contribution in [2.24, 2.45) is 0 Å². The number of nitrogens with one attached hydrogen (secondary N) is 1. The number of hydrogen-bond acceptors (Lipinski definition) is 6. The standard InChI is InChI=1S/C22H25N3O4S/c1-13-19(15(3)26)14(2)23-20(13)18(27)12-30-22-24-17-9-6-5-8-16(17)21(28)25(22)10-7-11-29-4/h5-6,8-9,23H,7,10-12H2,1-4H3. The van der Waals surface area contributed by atoms with Crippen LogP contribution in [0.1, 0.15) is 45.4 Å². The van der Waals surface area contributed by atoms with E-state index in [1.54, 1.807) is 37.7 Å². The molecule has 0 aliphatic heterocycles. The van der Waals surface area contributed by atoms with Gasteiger partial charge in [-0.05, 0) is 44.9 Å². The third kappa shape index (κ3) is 4.39. The molecule has 0 fully saturated rings. The number of carbonyl (C=O) groups is 2. The van der Waals surface area contributed by atoms with Crippen LogP contribution in [0.4, 0.5) is 0 Å². The molecule has 1 N–H and O–H groups in total. The fraction of sp³-hybridized carbons (Fsp3) is 0.364. The molecule has 30 heavy (non-hydrogen) atoms. The second kappa shape index (κ2) is 9.40. The normalized spacial score (nSPS) is 11.2. The molecule has 158 valence electrons. The molecule has 0 aliphatic carbocycles. The zero-order chi connectivity index (χ0) is 21.8. The molecule has 0 radical (unpaired) electrons. The highest BCUT2D eigenvalue weighted by Crippen LogP contribution is 2.23. The van der Waals surface area contributed by atoms with E-state index in [0.29, 0.717) is 58.1 Å². The maximum Gasteiger partial charge on any atom is 0.262 e. The van der Waals surface area contributed by atoms with Crippen LogP contribution in [0.3, 0.4) is 0 Å². The van der Waals surface area contributed by atoms with Crippen molar-refractivity contribution in [3.63, 3.8) is 0 Å². The van der Waals surface area contributed by atoms with Crippen molar-refractivity contribution in [2.45, 2.75) is 38.9 Å². The van der Waals surface area contributed by atoms with Crippen LogP contribution in [0.2, 0.25) is 0 Å². The van der Waals surface area contributed by atoms with E-state index in [2.05, 4.69) is 9.97 Å². The first-order valence-corrected chi connectivity index (χ1v) is 10.7. The first kappa shape index (κ1) is 22.0. The van der Waals surface area contributed by atoms with Crippen molar-refractivity contribution in [3.05, 3.63) is 57.1 Å². The Morgan fingerprint density at radius 2 is 1.97 bits per heavy atom. The van der Waals surface area contributed by atoms with E-state index in [0.717, 1.165) is 0 Å². The Morgan fingerprint density at radius 3 is 2.63 bits per heavy atom. The van der Waals surface area contributed by atoms with Gasteiger partial charge in [-0.25, -0.2) is 4.98 Å². The minimum Gasteiger partial charge on any atom is -0.385 e. The van der Waals surface area contributed by atoms with E-state index in [1.807, 2.05) is 12.1 Å². The molecule has 0 amide bonds. The number of aryl methyl sites for hydroxylation is 1. The van der Waals surface area contributed by atoms with Gasteiger partial charge in [0, 0.05) is 31.5 Å². The third-order valence-corrected chi connectivity index (χ3v) is 5.93. The van der Waals surface area contributed by atoms with Crippen LogP contribution in [0, 0.1) is 13.8 Å². The van der Waals surface area contributed by atoms with Crippen molar-refractivity contribution in [3.8, 4) is 0 Å². The average Bonchev–Trinajstić information content (AvgIpc) is 3.02. The molecule has 0 saturated carbocycles. The lowest BCUT2D eigenvalue weighted by Crippen LogP contribution is -2.24. The number of hydrogen-bond donors (Lipinski definition) is 1. The molecule has 7 nitrogen and oxygen atoms in total. The van der Waals surface area contributed by atoms with Crippen molar-refractivity contribution < 1.29 is 14.3 Å². The predicted molar refractivity (Wildman–Crippen MR) is 118 cm³/mol. The Hall–Kier alpha value is -2.71. The van der Waals surface area contributed by atoms with Crippen LogP contribution in [0.15, 0.2) is 34.2 Å². The molecule has 2 heterocycles. The molecule has 1 aromatic carbocycles. The van der Waals surface area contributed by atoms with Crippen molar-refractivity contribution >= 4 is 34.2 Å². The maximum absolute atomic E-state index is 13.0. The number of ether oxygens (including phenoxy) is 1. The van der Waals surface area contributed by atoms with Crippen LogP contribution >= 0.6 is 11.8 Å². The number of aromatic amines is 1. The number of benzene rings is 1. The molecule has 0 saturated heterocycles. The number of thioether (sulfide) groups is 1. The van der Waals surface area contributed by atoms with Gasteiger partial charge in [-0.1, -0.05) is 23.9 Å². The maximum atomic E-state index is 13.0. The largest absolute Gasteiger partial charge is 0.385 e. The molecule has 0 aliphatic rings. The fourth-order valence-electron chi connectivity index (χ4n) is 3.58. The van der Waals surface area contributed by atoms with Gasteiger partial charge in [0.25, 0.3) is 5.56 Å². The van der Waals surface area contributed by atoms with Crippen molar-refractivity contribution in [1.29, 1.82) is 0 Å². The number of aromatic nitrogens is 3. The van der Waals surface area contributed by atoms with Gasteiger partial charge < -0.3 is 9.72 Å². The third-order valence-electron chi connectivity index (χ3n) is 4.96. The van der Waals surface area contributed by atoms with Crippen LogP contribution in [-0.4, -0.2) is 45.6 Å². The van der Waals surface area contributed by atoms with Crippen LogP contribution in [-0.2, 0) is 11.3 Å².